The predicted octanol–water partition coefficient (Wildman–Crippen LogP) is 5.58. The minimum Gasteiger partial charge on any atom is -0.415 e. The molecule has 0 fully saturated rings. The van der Waals surface area contributed by atoms with Gasteiger partial charge in [-0.1, -0.05) is 0 Å². The quantitative estimate of drug-likeness (QED) is 0.197. The van der Waals surface area contributed by atoms with E-state index >= 15 is 0 Å². The molecule has 32 heavy (non-hydrogen) atoms. The van der Waals surface area contributed by atoms with E-state index < -0.39 is 25.7 Å². The Morgan fingerprint density at radius 3 is 1.03 bits per heavy atom. The van der Waals surface area contributed by atoms with E-state index in [0.29, 0.717) is 33.0 Å². The van der Waals surface area contributed by atoms with Crippen molar-refractivity contribution in [2.45, 2.75) is 111 Å². The highest BCUT2D eigenvalue weighted by atomic mass is 28.5. The monoisotopic (exact) mass is 512 g/mol. The molecule has 194 valence electrons. The molecule has 0 saturated heterocycles. The zero-order chi connectivity index (χ0) is 24.8. The Hall–Kier alpha value is 0.371. The molecule has 2 unspecified atom stereocenters. The first-order valence-electron chi connectivity index (χ1n) is 12.3. The fourth-order valence-electron chi connectivity index (χ4n) is 3.39. The Morgan fingerprint density at radius 2 is 0.781 bits per heavy atom. The van der Waals surface area contributed by atoms with Crippen molar-refractivity contribution in [2.75, 3.05) is 33.0 Å². The molecule has 0 spiro atoms. The van der Waals surface area contributed by atoms with Crippen LogP contribution >= 0.6 is 0 Å². The molecule has 0 aromatic rings. The lowest BCUT2D eigenvalue weighted by Gasteiger charge is -2.41. The molecule has 0 aromatic heterocycles. The van der Waals surface area contributed by atoms with Crippen LogP contribution in [0.2, 0.25) is 37.8 Å². The first kappa shape index (κ1) is 32.4. The average Bonchev–Trinajstić information content (AvgIpc) is 2.60. The molecule has 0 radical (unpaired) electrons. The minimum atomic E-state index is -2.68. The third-order valence-electron chi connectivity index (χ3n) is 4.79. The number of hydrogen-bond acceptors (Lipinski definition) is 7. The molecule has 0 heterocycles. The van der Waals surface area contributed by atoms with Gasteiger partial charge in [-0.2, -0.15) is 0 Å². The molecule has 0 rings (SSSR count). The van der Waals surface area contributed by atoms with Crippen LogP contribution in [0, 0.1) is 0 Å². The van der Waals surface area contributed by atoms with Crippen molar-refractivity contribution in [3.63, 3.8) is 0 Å². The first-order valence-corrected chi connectivity index (χ1v) is 19.9. The molecule has 0 aromatic carbocycles. The summed E-state index contributed by atoms with van der Waals surface area (Å²) in [5.41, 5.74) is 0. The second-order valence-electron chi connectivity index (χ2n) is 9.48. The molecule has 10 heteroatoms. The number of hydrogen-bond donors (Lipinski definition) is 0. The molecule has 0 aliphatic heterocycles. The Morgan fingerprint density at radius 1 is 0.500 bits per heavy atom. The first-order chi connectivity index (χ1) is 14.8. The van der Waals surface area contributed by atoms with Crippen molar-refractivity contribution in [3.8, 4) is 0 Å². The maximum Gasteiger partial charge on any atom is 0.328 e. The molecule has 0 N–H and O–H groups in total. The molecular formula is C22H52O7Si3. The van der Waals surface area contributed by atoms with Crippen molar-refractivity contribution in [1.82, 2.24) is 0 Å². The van der Waals surface area contributed by atoms with Crippen LogP contribution in [0.4, 0.5) is 0 Å². The highest BCUT2D eigenvalue weighted by Crippen LogP contribution is 2.29. The van der Waals surface area contributed by atoms with Crippen LogP contribution in [-0.2, 0) is 31.3 Å². The maximum atomic E-state index is 6.89. The standard InChI is InChI=1S/C22H52O7Si3/c1-12-26-30(9,17-14-23-20(3)4)28-32(11,19-16-25-22(7)8)29-31(10,27-13-2)18-15-24-21(5)6/h20-22H,12-19H2,1-11H3. The van der Waals surface area contributed by atoms with Crippen molar-refractivity contribution in [1.29, 1.82) is 0 Å². The van der Waals surface area contributed by atoms with Crippen LogP contribution in [-0.4, -0.2) is 77.0 Å². The van der Waals surface area contributed by atoms with Gasteiger partial charge >= 0.3 is 25.7 Å². The fourth-order valence-corrected chi connectivity index (χ4v) is 16.3. The van der Waals surface area contributed by atoms with E-state index in [1.165, 1.54) is 0 Å². The smallest absolute Gasteiger partial charge is 0.328 e. The second kappa shape index (κ2) is 16.1. The van der Waals surface area contributed by atoms with Crippen LogP contribution in [0.5, 0.6) is 0 Å². The molecule has 2 atom stereocenters. The summed E-state index contributed by atoms with van der Waals surface area (Å²) in [5.74, 6) is 0. The van der Waals surface area contributed by atoms with E-state index in [2.05, 4.69) is 19.6 Å². The normalized spacial score (nSPS) is 18.2. The summed E-state index contributed by atoms with van der Waals surface area (Å²) in [4.78, 5) is 0. The number of ether oxygens (including phenoxy) is 3. The van der Waals surface area contributed by atoms with E-state index in [-0.39, 0.29) is 18.3 Å². The predicted molar refractivity (Wildman–Crippen MR) is 138 cm³/mol. The summed E-state index contributed by atoms with van der Waals surface area (Å²) in [7, 11) is -7.70. The van der Waals surface area contributed by atoms with Gasteiger partial charge in [-0.15, -0.1) is 0 Å². The second-order valence-corrected chi connectivity index (χ2v) is 20.0. The van der Waals surface area contributed by atoms with Gasteiger partial charge in [0.25, 0.3) is 0 Å². The summed E-state index contributed by atoms with van der Waals surface area (Å²) < 4.78 is 43.7. The van der Waals surface area contributed by atoms with Gasteiger partial charge in [0.2, 0.25) is 0 Å². The number of rotatable bonds is 20. The summed E-state index contributed by atoms with van der Waals surface area (Å²) in [5, 5.41) is 0. The largest absolute Gasteiger partial charge is 0.415 e. The highest BCUT2D eigenvalue weighted by molar-refractivity contribution is 6.85. The Kier molecular flexibility index (Phi) is 16.3. The summed E-state index contributed by atoms with van der Waals surface area (Å²) in [6, 6.07) is 2.26. The van der Waals surface area contributed by atoms with E-state index in [1.54, 1.807) is 0 Å². The third-order valence-corrected chi connectivity index (χ3v) is 16.8. The Balaban J connectivity index is 5.59. The van der Waals surface area contributed by atoms with Crippen molar-refractivity contribution >= 4 is 25.7 Å². The minimum absolute atomic E-state index is 0.165. The van der Waals surface area contributed by atoms with Crippen LogP contribution < -0.4 is 0 Å². The van der Waals surface area contributed by atoms with E-state index in [9.17, 15) is 0 Å². The third kappa shape index (κ3) is 15.3. The van der Waals surface area contributed by atoms with Gasteiger partial charge in [0.15, 0.2) is 0 Å². The SMILES string of the molecule is CCO[Si](C)(CCOC(C)C)O[Si](C)(CCOC(C)C)O[Si](C)(CCOC(C)C)OCC. The molecule has 0 amide bonds. The molecule has 0 bridgehead atoms. The highest BCUT2D eigenvalue weighted by Gasteiger charge is 2.48. The van der Waals surface area contributed by atoms with Crippen molar-refractivity contribution in [3.05, 3.63) is 0 Å². The zero-order valence-corrected chi connectivity index (χ0v) is 25.7. The van der Waals surface area contributed by atoms with Gasteiger partial charge in [0.05, 0.1) is 18.3 Å². The lowest BCUT2D eigenvalue weighted by atomic mass is 10.5. The van der Waals surface area contributed by atoms with Gasteiger partial charge in [-0.25, -0.2) is 0 Å². The molecule has 0 aliphatic carbocycles. The van der Waals surface area contributed by atoms with Gasteiger partial charge in [0.1, 0.15) is 0 Å². The topological polar surface area (TPSA) is 64.6 Å². The van der Waals surface area contributed by atoms with Crippen molar-refractivity contribution < 1.29 is 31.3 Å². The summed E-state index contributed by atoms with van der Waals surface area (Å²) in [6.07, 6.45) is 0.533. The van der Waals surface area contributed by atoms with Crippen LogP contribution in [0.15, 0.2) is 0 Å². The molecule has 7 nitrogen and oxygen atoms in total. The van der Waals surface area contributed by atoms with Gasteiger partial charge in [-0.3, -0.25) is 0 Å². The van der Waals surface area contributed by atoms with Gasteiger partial charge in [-0.05, 0) is 75.0 Å². The van der Waals surface area contributed by atoms with Crippen molar-refractivity contribution in [2.24, 2.45) is 0 Å². The summed E-state index contributed by atoms with van der Waals surface area (Å²) >= 11 is 0. The maximum absolute atomic E-state index is 6.89. The molecular weight excluding hydrogens is 460 g/mol. The van der Waals surface area contributed by atoms with Gasteiger partial charge in [0, 0.05) is 51.2 Å². The molecule has 0 saturated carbocycles. The summed E-state index contributed by atoms with van der Waals surface area (Å²) in [6.45, 7) is 25.8. The Labute approximate surface area is 201 Å². The van der Waals surface area contributed by atoms with E-state index in [1.807, 2.05) is 55.4 Å². The van der Waals surface area contributed by atoms with Gasteiger partial charge < -0.3 is 31.3 Å². The zero-order valence-electron chi connectivity index (χ0n) is 22.7. The van der Waals surface area contributed by atoms with E-state index in [4.69, 9.17) is 31.3 Å². The average molecular weight is 513 g/mol. The van der Waals surface area contributed by atoms with Crippen LogP contribution in [0.3, 0.4) is 0 Å². The Bertz CT molecular complexity index is 450. The van der Waals surface area contributed by atoms with E-state index in [0.717, 1.165) is 18.1 Å². The lowest BCUT2D eigenvalue weighted by Crippen LogP contribution is -2.58. The molecule has 0 aliphatic rings. The lowest BCUT2D eigenvalue weighted by molar-refractivity contribution is 0.0782. The fraction of sp³-hybridized carbons (Fsp3) is 1.00. The van der Waals surface area contributed by atoms with Crippen LogP contribution in [0.1, 0.15) is 55.4 Å². The van der Waals surface area contributed by atoms with Crippen LogP contribution in [0.25, 0.3) is 0 Å².